The number of rotatable bonds is 2. The lowest BCUT2D eigenvalue weighted by Gasteiger charge is -2.53. The van der Waals surface area contributed by atoms with Crippen LogP contribution in [0.2, 0.25) is 0 Å². The van der Waals surface area contributed by atoms with E-state index in [1.165, 1.54) is 24.0 Å². The first kappa shape index (κ1) is 13.9. The molecular weight excluding hydrogens is 220 g/mol. The van der Waals surface area contributed by atoms with Gasteiger partial charge in [0.25, 0.3) is 0 Å². The van der Waals surface area contributed by atoms with Crippen molar-refractivity contribution in [3.63, 3.8) is 0 Å². The Balaban J connectivity index is 2.19. The van der Waals surface area contributed by atoms with Crippen molar-refractivity contribution in [2.45, 2.75) is 59.5 Å². The van der Waals surface area contributed by atoms with E-state index in [0.29, 0.717) is 11.5 Å². The van der Waals surface area contributed by atoms with Crippen molar-refractivity contribution < 1.29 is 4.74 Å². The van der Waals surface area contributed by atoms with Gasteiger partial charge < -0.3 is 4.74 Å². The number of hydrogen-bond acceptors (Lipinski definition) is 1. The summed E-state index contributed by atoms with van der Waals surface area (Å²) in [7, 11) is 0. The van der Waals surface area contributed by atoms with Crippen molar-refractivity contribution in [3.05, 3.63) is 23.8 Å². The minimum Gasteiger partial charge on any atom is -0.374 e. The molecule has 2 rings (SSSR count). The molecule has 1 fully saturated rings. The zero-order valence-electron chi connectivity index (χ0n) is 12.5. The molecule has 0 aromatic rings. The Kier molecular flexibility index (Phi) is 4.01. The van der Waals surface area contributed by atoms with Crippen molar-refractivity contribution in [2.75, 3.05) is 6.61 Å². The molecular formula is C17H28O. The third kappa shape index (κ3) is 2.56. The average molecular weight is 248 g/mol. The van der Waals surface area contributed by atoms with Crippen molar-refractivity contribution in [1.29, 1.82) is 0 Å². The van der Waals surface area contributed by atoms with Gasteiger partial charge in [-0.3, -0.25) is 0 Å². The lowest BCUT2D eigenvalue weighted by molar-refractivity contribution is -0.0356. The van der Waals surface area contributed by atoms with Crippen LogP contribution in [0.1, 0.15) is 53.4 Å². The molecule has 0 spiro atoms. The normalized spacial score (nSPS) is 35.7. The van der Waals surface area contributed by atoms with Crippen LogP contribution >= 0.6 is 0 Å². The fraction of sp³-hybridized carbons (Fsp3) is 0.765. The molecule has 0 heterocycles. The second kappa shape index (κ2) is 5.21. The van der Waals surface area contributed by atoms with Crippen LogP contribution in [0.3, 0.4) is 0 Å². The SMILES string of the molecule is C=C1CCC=C(C)C(OCC)CC2C1CC2(C)C. The minimum absolute atomic E-state index is 0.327. The van der Waals surface area contributed by atoms with Gasteiger partial charge in [0, 0.05) is 6.61 Å². The van der Waals surface area contributed by atoms with E-state index in [0.717, 1.165) is 31.3 Å². The molecule has 0 aromatic carbocycles. The summed E-state index contributed by atoms with van der Waals surface area (Å²) in [5.41, 5.74) is 3.36. The van der Waals surface area contributed by atoms with Crippen LogP contribution in [0.15, 0.2) is 23.8 Å². The van der Waals surface area contributed by atoms with E-state index in [-0.39, 0.29) is 0 Å². The first-order valence-corrected chi connectivity index (χ1v) is 7.41. The summed E-state index contributed by atoms with van der Waals surface area (Å²) in [4.78, 5) is 0. The third-order valence-corrected chi connectivity index (χ3v) is 5.04. The van der Waals surface area contributed by atoms with Crippen LogP contribution in [-0.4, -0.2) is 12.7 Å². The first-order chi connectivity index (χ1) is 8.45. The Labute approximate surface area is 112 Å². The van der Waals surface area contributed by atoms with E-state index in [1.807, 2.05) is 0 Å². The fourth-order valence-corrected chi connectivity index (χ4v) is 3.78. The molecule has 0 saturated heterocycles. The molecule has 2 aliphatic carbocycles. The highest BCUT2D eigenvalue weighted by Crippen LogP contribution is 2.56. The van der Waals surface area contributed by atoms with Gasteiger partial charge in [-0.2, -0.15) is 0 Å². The molecule has 2 aliphatic rings. The summed E-state index contributed by atoms with van der Waals surface area (Å²) in [6.45, 7) is 14.3. The summed E-state index contributed by atoms with van der Waals surface area (Å²) >= 11 is 0. The Bertz CT molecular complexity index is 351. The maximum Gasteiger partial charge on any atom is 0.0785 e. The molecule has 0 aromatic heterocycles. The summed E-state index contributed by atoms with van der Waals surface area (Å²) in [5, 5.41) is 0. The van der Waals surface area contributed by atoms with E-state index < -0.39 is 0 Å². The van der Waals surface area contributed by atoms with Crippen LogP contribution in [0.5, 0.6) is 0 Å². The van der Waals surface area contributed by atoms with E-state index in [2.05, 4.69) is 40.3 Å². The van der Waals surface area contributed by atoms with Gasteiger partial charge in [0.15, 0.2) is 0 Å². The highest BCUT2D eigenvalue weighted by molar-refractivity contribution is 5.18. The van der Waals surface area contributed by atoms with Crippen LogP contribution in [0, 0.1) is 17.3 Å². The van der Waals surface area contributed by atoms with Crippen LogP contribution in [-0.2, 0) is 4.74 Å². The maximum atomic E-state index is 5.97. The monoisotopic (exact) mass is 248 g/mol. The smallest absolute Gasteiger partial charge is 0.0785 e. The summed E-state index contributed by atoms with van der Waals surface area (Å²) in [6.07, 6.45) is 7.48. The van der Waals surface area contributed by atoms with E-state index in [9.17, 15) is 0 Å². The molecule has 0 amide bonds. The fourth-order valence-electron chi connectivity index (χ4n) is 3.78. The lowest BCUT2D eigenvalue weighted by Crippen LogP contribution is -2.46. The Morgan fingerprint density at radius 3 is 2.78 bits per heavy atom. The third-order valence-electron chi connectivity index (χ3n) is 5.04. The number of ether oxygens (including phenoxy) is 1. The maximum absolute atomic E-state index is 5.97. The Morgan fingerprint density at radius 2 is 2.17 bits per heavy atom. The highest BCUT2D eigenvalue weighted by Gasteiger charge is 2.48. The molecule has 3 unspecified atom stereocenters. The molecule has 102 valence electrons. The van der Waals surface area contributed by atoms with Gasteiger partial charge >= 0.3 is 0 Å². The second-order valence-corrected chi connectivity index (χ2v) is 6.73. The molecule has 18 heavy (non-hydrogen) atoms. The molecule has 0 radical (unpaired) electrons. The highest BCUT2D eigenvalue weighted by atomic mass is 16.5. The zero-order valence-corrected chi connectivity index (χ0v) is 12.5. The number of fused-ring (bicyclic) bond motifs is 1. The molecule has 0 aliphatic heterocycles. The Hall–Kier alpha value is -0.560. The molecule has 1 heteroatoms. The largest absolute Gasteiger partial charge is 0.374 e. The van der Waals surface area contributed by atoms with Crippen molar-refractivity contribution in [2.24, 2.45) is 17.3 Å². The number of allylic oxidation sites excluding steroid dienone is 2. The summed E-state index contributed by atoms with van der Waals surface area (Å²) < 4.78 is 5.97. The predicted molar refractivity (Wildman–Crippen MR) is 77.5 cm³/mol. The van der Waals surface area contributed by atoms with Gasteiger partial charge in [-0.25, -0.2) is 0 Å². The standard InChI is InChI=1S/C17H28O/c1-6-18-16-10-15-14(11-17(15,4)5)12(2)8-7-9-13(16)3/h9,14-16H,2,6-8,10-11H2,1,3-5H3. The second-order valence-electron chi connectivity index (χ2n) is 6.73. The molecule has 1 nitrogen and oxygen atoms in total. The summed E-state index contributed by atoms with van der Waals surface area (Å²) in [6, 6.07) is 0. The van der Waals surface area contributed by atoms with Crippen LogP contribution in [0.25, 0.3) is 0 Å². The predicted octanol–water partition coefficient (Wildman–Crippen LogP) is 4.74. The first-order valence-electron chi connectivity index (χ1n) is 7.41. The van der Waals surface area contributed by atoms with Crippen LogP contribution in [0.4, 0.5) is 0 Å². The van der Waals surface area contributed by atoms with Gasteiger partial charge in [-0.15, -0.1) is 0 Å². The summed E-state index contributed by atoms with van der Waals surface area (Å²) in [5.74, 6) is 1.49. The van der Waals surface area contributed by atoms with Gasteiger partial charge in [-0.05, 0) is 62.4 Å². The quantitative estimate of drug-likeness (QED) is 0.641. The topological polar surface area (TPSA) is 9.23 Å². The van der Waals surface area contributed by atoms with Gasteiger partial charge in [0.1, 0.15) is 0 Å². The molecule has 0 N–H and O–H groups in total. The molecule has 1 saturated carbocycles. The average Bonchev–Trinajstić information content (AvgIpc) is 2.34. The minimum atomic E-state index is 0.327. The number of hydrogen-bond donors (Lipinski definition) is 0. The van der Waals surface area contributed by atoms with Crippen LogP contribution < -0.4 is 0 Å². The van der Waals surface area contributed by atoms with Crippen molar-refractivity contribution >= 4 is 0 Å². The van der Waals surface area contributed by atoms with Crippen molar-refractivity contribution in [1.82, 2.24) is 0 Å². The van der Waals surface area contributed by atoms with E-state index >= 15 is 0 Å². The molecule has 0 bridgehead atoms. The van der Waals surface area contributed by atoms with Gasteiger partial charge in [0.2, 0.25) is 0 Å². The van der Waals surface area contributed by atoms with Gasteiger partial charge in [-0.1, -0.05) is 32.1 Å². The van der Waals surface area contributed by atoms with Crippen molar-refractivity contribution in [3.8, 4) is 0 Å². The lowest BCUT2D eigenvalue weighted by atomic mass is 9.52. The zero-order chi connectivity index (χ0) is 13.3. The molecule has 3 atom stereocenters. The van der Waals surface area contributed by atoms with E-state index in [4.69, 9.17) is 4.74 Å². The Morgan fingerprint density at radius 1 is 1.44 bits per heavy atom. The van der Waals surface area contributed by atoms with E-state index in [1.54, 1.807) is 0 Å². The van der Waals surface area contributed by atoms with Gasteiger partial charge in [0.05, 0.1) is 6.10 Å².